The van der Waals surface area contributed by atoms with Gasteiger partial charge in [-0.25, -0.2) is 15.1 Å². The minimum Gasteiger partial charge on any atom is -0.378 e. The molecular formula is C28H30N7O3+. The van der Waals surface area contributed by atoms with Crippen molar-refractivity contribution >= 4 is 23.3 Å². The van der Waals surface area contributed by atoms with Crippen LogP contribution in [0.3, 0.4) is 0 Å². The molecule has 2 amide bonds. The normalized spacial score (nSPS) is 14.1. The third-order valence-electron chi connectivity index (χ3n) is 6.46. The van der Waals surface area contributed by atoms with Crippen LogP contribution >= 0.6 is 0 Å². The van der Waals surface area contributed by atoms with Crippen molar-refractivity contribution in [3.05, 3.63) is 78.8 Å². The number of H-pyrrole nitrogens is 1. The number of hydrogen-bond donors (Lipinski definition) is 2. The Morgan fingerprint density at radius 2 is 1.84 bits per heavy atom. The molecule has 3 aromatic heterocycles. The van der Waals surface area contributed by atoms with Crippen molar-refractivity contribution in [2.24, 2.45) is 7.05 Å². The van der Waals surface area contributed by atoms with Crippen LogP contribution < -0.4 is 15.6 Å². The van der Waals surface area contributed by atoms with Gasteiger partial charge >= 0.3 is 5.91 Å². The monoisotopic (exact) mass is 512 g/mol. The topological polar surface area (TPSA) is 116 Å². The minimum absolute atomic E-state index is 0.140. The third kappa shape index (κ3) is 5.55. The van der Waals surface area contributed by atoms with Crippen LogP contribution in [-0.2, 0) is 16.6 Å². The first kappa shape index (κ1) is 25.1. The number of ether oxygens (including phenoxy) is 1. The maximum atomic E-state index is 13.5. The average molecular weight is 513 g/mol. The Morgan fingerprint density at radius 3 is 2.53 bits per heavy atom. The molecule has 0 aliphatic carbocycles. The van der Waals surface area contributed by atoms with Crippen molar-refractivity contribution in [3.63, 3.8) is 0 Å². The molecule has 1 saturated heterocycles. The quantitative estimate of drug-likeness (QED) is 0.394. The van der Waals surface area contributed by atoms with Crippen LogP contribution in [0, 0.1) is 0 Å². The van der Waals surface area contributed by atoms with E-state index in [1.54, 1.807) is 35.0 Å². The molecule has 0 saturated carbocycles. The van der Waals surface area contributed by atoms with Gasteiger partial charge < -0.3 is 15.0 Å². The second-order valence-electron chi connectivity index (χ2n) is 9.07. The Kier molecular flexibility index (Phi) is 7.41. The summed E-state index contributed by atoms with van der Waals surface area (Å²) in [5, 5.41) is 10.3. The van der Waals surface area contributed by atoms with Gasteiger partial charge in [0.1, 0.15) is 6.04 Å². The number of pyridine rings is 2. The molecule has 3 N–H and O–H groups in total. The van der Waals surface area contributed by atoms with Crippen molar-refractivity contribution in [1.82, 2.24) is 19.7 Å². The smallest absolute Gasteiger partial charge is 0.329 e. The molecule has 5 rings (SSSR count). The van der Waals surface area contributed by atoms with E-state index in [1.165, 1.54) is 0 Å². The van der Waals surface area contributed by atoms with Crippen molar-refractivity contribution < 1.29 is 19.3 Å². The second kappa shape index (κ2) is 11.2. The first-order chi connectivity index (χ1) is 18.5. The number of nitrogens with one attached hydrogen (secondary N) is 3. The zero-order valence-electron chi connectivity index (χ0n) is 21.3. The number of carbonyl (C=O) groups excluding carboxylic acids is 2. The molecule has 194 valence electrons. The van der Waals surface area contributed by atoms with Gasteiger partial charge in [-0.05, 0) is 30.7 Å². The van der Waals surface area contributed by atoms with Crippen LogP contribution in [0.5, 0.6) is 0 Å². The lowest BCUT2D eigenvalue weighted by Gasteiger charge is -2.28. The fourth-order valence-corrected chi connectivity index (χ4v) is 4.30. The van der Waals surface area contributed by atoms with Gasteiger partial charge in [0, 0.05) is 38.0 Å². The molecule has 4 aromatic rings. The summed E-state index contributed by atoms with van der Waals surface area (Å²) in [4.78, 5) is 35.9. The highest BCUT2D eigenvalue weighted by Crippen LogP contribution is 2.25. The van der Waals surface area contributed by atoms with E-state index in [0.29, 0.717) is 49.1 Å². The fourth-order valence-electron chi connectivity index (χ4n) is 4.30. The predicted octanol–water partition coefficient (Wildman–Crippen LogP) is 2.87. The number of aromatic nitrogens is 4. The number of benzene rings is 1. The summed E-state index contributed by atoms with van der Waals surface area (Å²) in [6.45, 7) is 3.74. The predicted molar refractivity (Wildman–Crippen MR) is 143 cm³/mol. The van der Waals surface area contributed by atoms with Gasteiger partial charge in [-0.2, -0.15) is 5.10 Å². The van der Waals surface area contributed by atoms with Crippen molar-refractivity contribution in [2.75, 3.05) is 36.9 Å². The lowest BCUT2D eigenvalue weighted by atomic mass is 10.1. The summed E-state index contributed by atoms with van der Waals surface area (Å²) >= 11 is 0. The van der Waals surface area contributed by atoms with E-state index in [2.05, 4.69) is 25.7 Å². The van der Waals surface area contributed by atoms with Gasteiger partial charge in [-0.15, -0.1) is 0 Å². The number of amides is 2. The molecule has 38 heavy (non-hydrogen) atoms. The van der Waals surface area contributed by atoms with Gasteiger partial charge in [0.05, 0.1) is 48.2 Å². The zero-order chi connectivity index (χ0) is 26.5. The van der Waals surface area contributed by atoms with Crippen LogP contribution in [0.2, 0.25) is 0 Å². The Bertz CT molecular complexity index is 1410. The first-order valence-electron chi connectivity index (χ1n) is 12.5. The highest BCUT2D eigenvalue weighted by molar-refractivity contribution is 6.02. The average Bonchev–Trinajstić information content (AvgIpc) is 3.40. The summed E-state index contributed by atoms with van der Waals surface area (Å²) in [5.41, 5.74) is 4.43. The molecule has 1 aliphatic heterocycles. The molecule has 10 nitrogen and oxygen atoms in total. The van der Waals surface area contributed by atoms with Crippen molar-refractivity contribution in [1.29, 1.82) is 0 Å². The molecule has 0 spiro atoms. The van der Waals surface area contributed by atoms with E-state index in [4.69, 9.17) is 4.74 Å². The summed E-state index contributed by atoms with van der Waals surface area (Å²) in [6.07, 6.45) is 5.13. The van der Waals surface area contributed by atoms with E-state index in [0.717, 1.165) is 16.8 Å². The van der Waals surface area contributed by atoms with Crippen LogP contribution in [0.25, 0.3) is 22.5 Å². The maximum absolute atomic E-state index is 13.5. The lowest BCUT2D eigenvalue weighted by molar-refractivity contribution is -0.359. The SMILES string of the molecule is C[C@H](Nc1cnc(-c2ccnn2C)cc1C(=O)N1CCOCC1)C(=O)Nc1ccc(-c2ccccc2)c[nH+]1. The molecule has 0 radical (unpaired) electrons. The van der Waals surface area contributed by atoms with Crippen LogP contribution in [-0.4, -0.2) is 63.8 Å². The number of morpholine rings is 1. The van der Waals surface area contributed by atoms with Crippen molar-refractivity contribution in [2.45, 2.75) is 13.0 Å². The molecule has 0 bridgehead atoms. The fraction of sp³-hybridized carbons (Fsp3) is 0.250. The maximum Gasteiger partial charge on any atom is 0.329 e. The van der Waals surface area contributed by atoms with E-state index in [9.17, 15) is 9.59 Å². The number of aromatic amines is 1. The number of rotatable bonds is 7. The van der Waals surface area contributed by atoms with Crippen LogP contribution in [0.15, 0.2) is 73.2 Å². The molecule has 1 aliphatic rings. The van der Waals surface area contributed by atoms with Gasteiger partial charge in [0.2, 0.25) is 0 Å². The van der Waals surface area contributed by atoms with Crippen LogP contribution in [0.4, 0.5) is 11.5 Å². The summed E-state index contributed by atoms with van der Waals surface area (Å²) in [6, 6.07) is 16.7. The number of aryl methyl sites for hydroxylation is 1. The largest absolute Gasteiger partial charge is 0.378 e. The van der Waals surface area contributed by atoms with Gasteiger partial charge in [-0.3, -0.25) is 14.5 Å². The highest BCUT2D eigenvalue weighted by Gasteiger charge is 2.26. The van der Waals surface area contributed by atoms with Crippen molar-refractivity contribution in [3.8, 4) is 22.5 Å². The number of anilines is 2. The molecular weight excluding hydrogens is 482 g/mol. The Balaban J connectivity index is 1.33. The van der Waals surface area contributed by atoms with Crippen LogP contribution in [0.1, 0.15) is 17.3 Å². The van der Waals surface area contributed by atoms with E-state index in [-0.39, 0.29) is 11.8 Å². The van der Waals surface area contributed by atoms with E-state index < -0.39 is 6.04 Å². The Hall–Kier alpha value is -4.57. The lowest BCUT2D eigenvalue weighted by Crippen LogP contribution is -2.41. The third-order valence-corrected chi connectivity index (χ3v) is 6.46. The van der Waals surface area contributed by atoms with Gasteiger partial charge in [-0.1, -0.05) is 30.3 Å². The summed E-state index contributed by atoms with van der Waals surface area (Å²) in [7, 11) is 1.82. The Labute approximate surface area is 220 Å². The first-order valence-corrected chi connectivity index (χ1v) is 12.5. The highest BCUT2D eigenvalue weighted by atomic mass is 16.5. The van der Waals surface area contributed by atoms with Gasteiger partial charge in [0.15, 0.2) is 0 Å². The molecule has 4 heterocycles. The number of carbonyl (C=O) groups is 2. The van der Waals surface area contributed by atoms with Gasteiger partial charge in [0.25, 0.3) is 11.7 Å². The zero-order valence-corrected chi connectivity index (χ0v) is 21.3. The molecule has 1 fully saturated rings. The molecule has 0 unspecified atom stereocenters. The summed E-state index contributed by atoms with van der Waals surface area (Å²) in [5.74, 6) is 0.172. The number of nitrogens with zero attached hydrogens (tertiary/aromatic N) is 4. The Morgan fingerprint density at radius 1 is 1.05 bits per heavy atom. The summed E-state index contributed by atoms with van der Waals surface area (Å²) < 4.78 is 7.11. The van der Waals surface area contributed by atoms with E-state index >= 15 is 0 Å². The second-order valence-corrected chi connectivity index (χ2v) is 9.07. The standard InChI is InChI=1S/C28H29N7O3/c1-19(27(36)33-26-9-8-21(17-30-26)20-6-4-3-5-7-20)32-24-18-29-23(25-10-11-31-34(25)2)16-22(24)28(37)35-12-14-38-15-13-35/h3-11,16-19,32H,12-15H2,1-2H3,(H,30,33,36)/p+1/t19-/m0/s1. The number of hydrogen-bond acceptors (Lipinski definition) is 6. The minimum atomic E-state index is -0.641. The molecule has 10 heteroatoms. The van der Waals surface area contributed by atoms with E-state index in [1.807, 2.05) is 61.8 Å². The molecule has 1 atom stereocenters. The molecule has 1 aromatic carbocycles.